The zero-order chi connectivity index (χ0) is 42.6. The van der Waals surface area contributed by atoms with Gasteiger partial charge in [0.1, 0.15) is 22.3 Å². The summed E-state index contributed by atoms with van der Waals surface area (Å²) >= 11 is 0. The number of rotatable bonds is 6. The first-order valence-corrected chi connectivity index (χ1v) is 21.5. The van der Waals surface area contributed by atoms with Crippen LogP contribution in [0.3, 0.4) is 0 Å². The van der Waals surface area contributed by atoms with Gasteiger partial charge in [0.2, 0.25) is 0 Å². The molecule has 0 saturated heterocycles. The second-order valence-electron chi connectivity index (χ2n) is 17.8. The second-order valence-corrected chi connectivity index (χ2v) is 17.8. The highest BCUT2D eigenvalue weighted by Crippen LogP contribution is 2.45. The van der Waals surface area contributed by atoms with E-state index in [2.05, 4.69) is 211 Å². The van der Waals surface area contributed by atoms with Crippen LogP contribution >= 0.6 is 0 Å². The first kappa shape index (κ1) is 37.7. The Labute approximate surface area is 362 Å². The van der Waals surface area contributed by atoms with Gasteiger partial charge < -0.3 is 18.6 Å². The Morgan fingerprint density at radius 3 is 0.871 bits per heavy atom. The molecule has 302 valence electrons. The highest BCUT2D eigenvalue weighted by molar-refractivity contribution is 6.28. The molecule has 0 unspecified atom stereocenters. The summed E-state index contributed by atoms with van der Waals surface area (Å²) in [6, 6.07) is 53.8. The maximum Gasteiger partial charge on any atom is 0.136 e. The molecule has 0 radical (unpaired) electrons. The average molecular weight is 805 g/mol. The van der Waals surface area contributed by atoms with Crippen LogP contribution in [-0.4, -0.2) is 0 Å². The van der Waals surface area contributed by atoms with Crippen LogP contribution < -0.4 is 9.80 Å². The molecular weight excluding hydrogens is 757 g/mol. The fourth-order valence-corrected chi connectivity index (χ4v) is 10.1. The molecule has 0 aliphatic rings. The standard InChI is InChI=1S/C58H48N2O2/c1-33-15-34(2)20-47(19-33)59(48-21-35(3)16-36(4)22-48)45-11-9-41-29-51-55(31-43(41)27-45)61-53-13-14-54-58(57(51)53)52-30-42-10-12-46(28-44(42)32-56(52)62-54)60(49-23-37(5)17-38(6)24-49)50-25-39(7)18-40(8)26-50/h9-32H,1-8H3. The van der Waals surface area contributed by atoms with Crippen LogP contribution in [0, 0.1) is 55.4 Å². The summed E-state index contributed by atoms with van der Waals surface area (Å²) in [5, 5.41) is 8.90. The molecule has 0 atom stereocenters. The molecule has 11 aromatic rings. The first-order chi connectivity index (χ1) is 29.9. The van der Waals surface area contributed by atoms with E-state index in [-0.39, 0.29) is 0 Å². The number of hydrogen-bond donors (Lipinski definition) is 0. The lowest BCUT2D eigenvalue weighted by molar-refractivity contribution is 0.663. The highest BCUT2D eigenvalue weighted by atomic mass is 16.3. The topological polar surface area (TPSA) is 32.8 Å². The fourth-order valence-electron chi connectivity index (χ4n) is 10.1. The number of hydrogen-bond acceptors (Lipinski definition) is 4. The Kier molecular flexibility index (Phi) is 8.59. The Hall–Kier alpha value is -7.30. The molecule has 0 amide bonds. The van der Waals surface area contributed by atoms with Gasteiger partial charge >= 0.3 is 0 Å². The molecular formula is C58H48N2O2. The van der Waals surface area contributed by atoms with Gasteiger partial charge in [0.15, 0.2) is 0 Å². The van der Waals surface area contributed by atoms with E-state index in [1.54, 1.807) is 0 Å². The van der Waals surface area contributed by atoms with Crippen LogP contribution in [-0.2, 0) is 0 Å². The van der Waals surface area contributed by atoms with Crippen LogP contribution in [0.1, 0.15) is 44.5 Å². The van der Waals surface area contributed by atoms with E-state index in [1.807, 2.05) is 0 Å². The smallest absolute Gasteiger partial charge is 0.136 e. The number of anilines is 6. The van der Waals surface area contributed by atoms with Gasteiger partial charge in [-0.1, -0.05) is 36.4 Å². The van der Waals surface area contributed by atoms with Gasteiger partial charge in [-0.3, -0.25) is 0 Å². The van der Waals surface area contributed by atoms with Crippen LogP contribution in [0.4, 0.5) is 34.1 Å². The molecule has 2 heterocycles. The van der Waals surface area contributed by atoms with Crippen molar-refractivity contribution in [2.24, 2.45) is 0 Å². The number of nitrogens with zero attached hydrogens (tertiary/aromatic N) is 2. The third-order valence-electron chi connectivity index (χ3n) is 12.3. The lowest BCUT2D eigenvalue weighted by Gasteiger charge is -2.27. The molecule has 0 saturated carbocycles. The number of fused-ring (bicyclic) bond motifs is 9. The Bertz CT molecular complexity index is 3220. The molecule has 0 spiro atoms. The molecule has 4 heteroatoms. The van der Waals surface area contributed by atoms with E-state index in [4.69, 9.17) is 8.83 Å². The van der Waals surface area contributed by atoms with Crippen molar-refractivity contribution >= 4 is 99.5 Å². The van der Waals surface area contributed by atoms with Crippen LogP contribution in [0.25, 0.3) is 65.4 Å². The minimum absolute atomic E-state index is 0.853. The zero-order valence-electron chi connectivity index (χ0n) is 36.6. The van der Waals surface area contributed by atoms with Crippen molar-refractivity contribution in [1.82, 2.24) is 0 Å². The average Bonchev–Trinajstić information content (AvgIpc) is 3.74. The third kappa shape index (κ3) is 6.46. The van der Waals surface area contributed by atoms with E-state index < -0.39 is 0 Å². The van der Waals surface area contributed by atoms with Gasteiger partial charge in [0, 0.05) is 55.7 Å². The molecule has 11 rings (SSSR count). The van der Waals surface area contributed by atoms with Crippen molar-refractivity contribution in [3.63, 3.8) is 0 Å². The molecule has 62 heavy (non-hydrogen) atoms. The van der Waals surface area contributed by atoms with Gasteiger partial charge in [-0.15, -0.1) is 0 Å². The monoisotopic (exact) mass is 804 g/mol. The van der Waals surface area contributed by atoms with Crippen molar-refractivity contribution < 1.29 is 8.83 Å². The van der Waals surface area contributed by atoms with Crippen molar-refractivity contribution in [3.8, 4) is 0 Å². The lowest BCUT2D eigenvalue weighted by Crippen LogP contribution is -2.11. The SMILES string of the molecule is Cc1cc(C)cc(N(c2cc(C)cc(C)c2)c2ccc3cc4c(cc3c2)oc2ccc3oc5cc6cc(N(c7cc(C)cc(C)c7)c7cc(C)cc(C)c7)ccc6cc5c3c24)c1. The predicted molar refractivity (Wildman–Crippen MR) is 263 cm³/mol. The summed E-state index contributed by atoms with van der Waals surface area (Å²) in [5.74, 6) is 0. The van der Waals surface area contributed by atoms with Crippen molar-refractivity contribution in [1.29, 1.82) is 0 Å². The molecule has 0 fully saturated rings. The number of furan rings is 2. The van der Waals surface area contributed by atoms with Gasteiger partial charge in [0.05, 0.1) is 0 Å². The fraction of sp³-hybridized carbons (Fsp3) is 0.138. The third-order valence-corrected chi connectivity index (χ3v) is 12.3. The molecule has 9 aromatic carbocycles. The van der Waals surface area contributed by atoms with Crippen molar-refractivity contribution in [3.05, 3.63) is 190 Å². The molecule has 0 aliphatic heterocycles. The van der Waals surface area contributed by atoms with Crippen molar-refractivity contribution in [2.75, 3.05) is 9.80 Å². The molecule has 0 aliphatic carbocycles. The van der Waals surface area contributed by atoms with E-state index in [9.17, 15) is 0 Å². The summed E-state index contributed by atoms with van der Waals surface area (Å²) in [5.41, 5.74) is 20.1. The maximum absolute atomic E-state index is 6.71. The van der Waals surface area contributed by atoms with E-state index in [0.717, 1.165) is 99.5 Å². The summed E-state index contributed by atoms with van der Waals surface area (Å²) < 4.78 is 13.4. The Morgan fingerprint density at radius 1 is 0.258 bits per heavy atom. The number of aryl methyl sites for hydroxylation is 8. The van der Waals surface area contributed by atoms with Gasteiger partial charge in [-0.25, -0.2) is 0 Å². The second kappa shape index (κ2) is 14.1. The highest BCUT2D eigenvalue weighted by Gasteiger charge is 2.21. The zero-order valence-corrected chi connectivity index (χ0v) is 36.6. The van der Waals surface area contributed by atoms with E-state index in [0.29, 0.717) is 0 Å². The van der Waals surface area contributed by atoms with Gasteiger partial charge in [-0.2, -0.15) is 0 Å². The summed E-state index contributed by atoms with van der Waals surface area (Å²) in [6.45, 7) is 17.4. The molecule has 0 bridgehead atoms. The molecule has 2 aromatic heterocycles. The van der Waals surface area contributed by atoms with Crippen LogP contribution in [0.15, 0.2) is 154 Å². The normalized spacial score (nSPS) is 11.9. The molecule has 4 nitrogen and oxygen atoms in total. The first-order valence-electron chi connectivity index (χ1n) is 21.5. The maximum atomic E-state index is 6.71. The minimum Gasteiger partial charge on any atom is -0.456 e. The summed E-state index contributed by atoms with van der Waals surface area (Å²) in [6.07, 6.45) is 0. The molecule has 0 N–H and O–H groups in total. The summed E-state index contributed by atoms with van der Waals surface area (Å²) in [4.78, 5) is 4.75. The van der Waals surface area contributed by atoms with E-state index in [1.165, 1.54) is 44.5 Å². The van der Waals surface area contributed by atoms with Crippen LogP contribution in [0.5, 0.6) is 0 Å². The summed E-state index contributed by atoms with van der Waals surface area (Å²) in [7, 11) is 0. The largest absolute Gasteiger partial charge is 0.456 e. The predicted octanol–water partition coefficient (Wildman–Crippen LogP) is 17.2. The quantitative estimate of drug-likeness (QED) is 0.168. The van der Waals surface area contributed by atoms with Crippen LogP contribution in [0.2, 0.25) is 0 Å². The minimum atomic E-state index is 0.853. The van der Waals surface area contributed by atoms with Crippen molar-refractivity contribution in [2.45, 2.75) is 55.4 Å². The van der Waals surface area contributed by atoms with Gasteiger partial charge in [0.25, 0.3) is 0 Å². The lowest BCUT2D eigenvalue weighted by atomic mass is 10.00. The Morgan fingerprint density at radius 2 is 0.565 bits per heavy atom. The van der Waals surface area contributed by atoms with E-state index >= 15 is 0 Å². The number of benzene rings is 9. The van der Waals surface area contributed by atoms with Gasteiger partial charge in [-0.05, 0) is 231 Å². The Balaban J connectivity index is 1.05.